The number of methoxy groups -OCH3 is 1. The maximum Gasteiger partial charge on any atom is 0.303 e. The fourth-order valence-corrected chi connectivity index (χ4v) is 4.16. The fraction of sp³-hybridized carbons (Fsp3) is 0.444. The largest absolute Gasteiger partial charge is 0.481 e. The van der Waals surface area contributed by atoms with Crippen molar-refractivity contribution in [2.24, 2.45) is 4.99 Å². The van der Waals surface area contributed by atoms with Gasteiger partial charge in [-0.25, -0.2) is 9.38 Å². The lowest BCUT2D eigenvalue weighted by Gasteiger charge is -2.36. The number of aliphatic imine (C=N–C) groups is 1. The highest BCUT2D eigenvalue weighted by molar-refractivity contribution is 6.08. The number of piperazine rings is 1. The highest BCUT2D eigenvalue weighted by atomic mass is 19.1. The van der Waals surface area contributed by atoms with E-state index in [1.54, 1.807) is 13.2 Å². The Kier molecular flexibility index (Phi) is 9.99. The summed E-state index contributed by atoms with van der Waals surface area (Å²) in [6, 6.07) is 11.6. The van der Waals surface area contributed by atoms with Crippen LogP contribution in [-0.2, 0) is 14.3 Å². The first kappa shape index (κ1) is 28.1. The molecular weight excluding hydrogens is 479 g/mol. The van der Waals surface area contributed by atoms with E-state index in [4.69, 9.17) is 19.9 Å². The van der Waals surface area contributed by atoms with Gasteiger partial charge in [0.15, 0.2) is 0 Å². The van der Waals surface area contributed by atoms with Crippen LogP contribution in [-0.4, -0.2) is 72.3 Å². The van der Waals surface area contributed by atoms with E-state index in [2.05, 4.69) is 47.6 Å². The molecule has 1 fully saturated rings. The van der Waals surface area contributed by atoms with Crippen LogP contribution in [0.4, 0.5) is 21.5 Å². The van der Waals surface area contributed by atoms with Gasteiger partial charge in [-0.3, -0.25) is 9.59 Å². The van der Waals surface area contributed by atoms with Crippen LogP contribution in [0, 0.1) is 5.82 Å². The SMILES string of the molecule is COCC[C@H]1CN(C2=Nc3cc(F)ccc3Nc3ccc(C(C)C)cc32)CCN1.O=C(O)CCC(=O)O. The van der Waals surface area contributed by atoms with Crippen molar-refractivity contribution in [3.8, 4) is 0 Å². The molecule has 0 aromatic heterocycles. The fourth-order valence-electron chi connectivity index (χ4n) is 4.16. The van der Waals surface area contributed by atoms with E-state index in [0.717, 1.165) is 55.4 Å². The van der Waals surface area contributed by atoms with E-state index in [1.165, 1.54) is 17.7 Å². The van der Waals surface area contributed by atoms with Crippen molar-refractivity contribution in [2.75, 3.05) is 38.7 Å². The van der Waals surface area contributed by atoms with Gasteiger partial charge in [-0.05, 0) is 42.2 Å². The molecule has 0 saturated carbocycles. The first-order valence-corrected chi connectivity index (χ1v) is 12.4. The van der Waals surface area contributed by atoms with Crippen molar-refractivity contribution >= 4 is 34.8 Å². The normalized spacial score (nSPS) is 16.4. The molecule has 0 aliphatic carbocycles. The number of aliphatic carboxylic acids is 2. The number of fused-ring (bicyclic) bond motifs is 2. The van der Waals surface area contributed by atoms with Gasteiger partial charge in [0.1, 0.15) is 11.7 Å². The number of hydrogen-bond donors (Lipinski definition) is 4. The number of carboxylic acids is 2. The minimum absolute atomic E-state index is 0.277. The molecule has 0 unspecified atom stereocenters. The van der Waals surface area contributed by atoms with E-state index < -0.39 is 11.9 Å². The second-order valence-electron chi connectivity index (χ2n) is 9.35. The zero-order valence-corrected chi connectivity index (χ0v) is 21.5. The van der Waals surface area contributed by atoms with Crippen LogP contribution in [0.3, 0.4) is 0 Å². The predicted molar refractivity (Wildman–Crippen MR) is 141 cm³/mol. The molecule has 2 aromatic rings. The maximum atomic E-state index is 14.0. The van der Waals surface area contributed by atoms with Crippen molar-refractivity contribution in [3.05, 3.63) is 53.3 Å². The Morgan fingerprint density at radius 1 is 1.14 bits per heavy atom. The summed E-state index contributed by atoms with van der Waals surface area (Å²) in [7, 11) is 1.73. The summed E-state index contributed by atoms with van der Waals surface area (Å²) in [6.07, 6.45) is 0.354. The first-order valence-electron chi connectivity index (χ1n) is 12.4. The number of halogens is 1. The highest BCUT2D eigenvalue weighted by Gasteiger charge is 2.27. The Morgan fingerprint density at radius 3 is 2.49 bits per heavy atom. The van der Waals surface area contributed by atoms with E-state index in [0.29, 0.717) is 17.6 Å². The number of rotatable bonds is 7. The molecule has 9 nitrogen and oxygen atoms in total. The van der Waals surface area contributed by atoms with E-state index in [1.807, 2.05) is 0 Å². The summed E-state index contributed by atoms with van der Waals surface area (Å²) in [5.41, 5.74) is 4.80. The summed E-state index contributed by atoms with van der Waals surface area (Å²) < 4.78 is 19.2. The van der Waals surface area contributed by atoms with E-state index in [9.17, 15) is 14.0 Å². The molecule has 4 N–H and O–H groups in total. The Morgan fingerprint density at radius 2 is 1.84 bits per heavy atom. The minimum atomic E-state index is -1.08. The van der Waals surface area contributed by atoms with E-state index >= 15 is 0 Å². The molecule has 1 saturated heterocycles. The smallest absolute Gasteiger partial charge is 0.303 e. The number of amidine groups is 1. The molecule has 37 heavy (non-hydrogen) atoms. The number of nitrogens with zero attached hydrogens (tertiary/aromatic N) is 2. The molecule has 2 aromatic carbocycles. The molecule has 2 heterocycles. The number of carboxylic acid groups (broad SMARTS) is 2. The Balaban J connectivity index is 0.000000414. The van der Waals surface area contributed by atoms with Crippen molar-refractivity contribution in [2.45, 2.75) is 45.1 Å². The average Bonchev–Trinajstić information content (AvgIpc) is 3.02. The molecule has 0 radical (unpaired) electrons. The lowest BCUT2D eigenvalue weighted by atomic mass is 9.98. The number of carbonyl (C=O) groups is 2. The summed E-state index contributed by atoms with van der Waals surface area (Å²) in [4.78, 5) is 26.6. The molecule has 4 rings (SSSR count). The number of anilines is 2. The molecule has 2 aliphatic rings. The van der Waals surface area contributed by atoms with Gasteiger partial charge in [-0.1, -0.05) is 19.9 Å². The molecule has 10 heteroatoms. The molecule has 0 amide bonds. The Hall–Kier alpha value is -3.50. The molecule has 1 atom stereocenters. The molecule has 0 spiro atoms. The van der Waals surface area contributed by atoms with E-state index in [-0.39, 0.29) is 18.7 Å². The van der Waals surface area contributed by atoms with Crippen molar-refractivity contribution in [3.63, 3.8) is 0 Å². The quantitative estimate of drug-likeness (QED) is 0.431. The number of ether oxygens (including phenoxy) is 1. The zero-order valence-electron chi connectivity index (χ0n) is 21.5. The third-order valence-corrected chi connectivity index (χ3v) is 6.18. The highest BCUT2D eigenvalue weighted by Crippen LogP contribution is 2.36. The van der Waals surface area contributed by atoms with Crippen LogP contribution in [0.15, 0.2) is 41.4 Å². The molecule has 2 aliphatic heterocycles. The van der Waals surface area contributed by atoms with Gasteiger partial charge >= 0.3 is 11.9 Å². The standard InChI is InChI=1S/C23H29FN4O.C4H6O4/c1-15(2)16-4-6-20-19(12-16)23(27-22-13-17(24)5-7-21(22)26-20)28-10-9-25-18(14-28)8-11-29-3;5-3(6)1-2-4(7)8/h4-7,12-13,15,18,25-26H,8-11,14H2,1-3H3;1-2H2,(H,5,6)(H,7,8)/t18-;/m0./s1. The van der Waals surface area contributed by atoms with Crippen LogP contribution >= 0.6 is 0 Å². The van der Waals surface area contributed by atoms with Crippen LogP contribution in [0.1, 0.15) is 50.2 Å². The van der Waals surface area contributed by atoms with Crippen LogP contribution in [0.2, 0.25) is 0 Å². The first-order chi connectivity index (χ1) is 17.7. The monoisotopic (exact) mass is 514 g/mol. The summed E-state index contributed by atoms with van der Waals surface area (Å²) in [5.74, 6) is -1.11. The molecule has 200 valence electrons. The van der Waals surface area contributed by atoms with Gasteiger partial charge in [0.2, 0.25) is 0 Å². The van der Waals surface area contributed by atoms with Crippen molar-refractivity contribution < 1.29 is 28.9 Å². The van der Waals surface area contributed by atoms with Crippen LogP contribution in [0.25, 0.3) is 0 Å². The third-order valence-electron chi connectivity index (χ3n) is 6.18. The second-order valence-corrected chi connectivity index (χ2v) is 9.35. The number of benzene rings is 2. The number of nitrogens with one attached hydrogen (secondary N) is 2. The molecular formula is C27H35FN4O5. The van der Waals surface area contributed by atoms with Gasteiger partial charge in [0.05, 0.1) is 24.2 Å². The van der Waals surface area contributed by atoms with Gasteiger partial charge in [-0.2, -0.15) is 0 Å². The summed E-state index contributed by atoms with van der Waals surface area (Å²) >= 11 is 0. The maximum absolute atomic E-state index is 14.0. The van der Waals surface area contributed by atoms with Gasteiger partial charge in [0.25, 0.3) is 0 Å². The van der Waals surface area contributed by atoms with Crippen LogP contribution in [0.5, 0.6) is 0 Å². The van der Waals surface area contributed by atoms with Crippen molar-refractivity contribution in [1.82, 2.24) is 10.2 Å². The average molecular weight is 515 g/mol. The van der Waals surface area contributed by atoms with Crippen molar-refractivity contribution in [1.29, 1.82) is 0 Å². The van der Waals surface area contributed by atoms with Gasteiger partial charge in [-0.15, -0.1) is 0 Å². The lowest BCUT2D eigenvalue weighted by molar-refractivity contribution is -0.143. The predicted octanol–water partition coefficient (Wildman–Crippen LogP) is 4.33. The number of hydrogen-bond acceptors (Lipinski definition) is 7. The Bertz CT molecular complexity index is 1120. The lowest BCUT2D eigenvalue weighted by Crippen LogP contribution is -2.53. The summed E-state index contributed by atoms with van der Waals surface area (Å²) in [6.45, 7) is 7.70. The second kappa shape index (κ2) is 13.2. The minimum Gasteiger partial charge on any atom is -0.481 e. The van der Waals surface area contributed by atoms with Gasteiger partial charge < -0.3 is 30.5 Å². The molecule has 0 bridgehead atoms. The zero-order chi connectivity index (χ0) is 26.9. The Labute approximate surface area is 216 Å². The topological polar surface area (TPSA) is 123 Å². The van der Waals surface area contributed by atoms with Crippen LogP contribution < -0.4 is 10.6 Å². The third kappa shape index (κ3) is 7.99. The van der Waals surface area contributed by atoms with Gasteiger partial charge in [0, 0.05) is 56.7 Å². The summed E-state index contributed by atoms with van der Waals surface area (Å²) in [5, 5.41) is 22.8.